The van der Waals surface area contributed by atoms with Gasteiger partial charge in [-0.25, -0.2) is 4.98 Å². The fraction of sp³-hybridized carbons (Fsp3) is 0.222. The van der Waals surface area contributed by atoms with Gasteiger partial charge in [-0.3, -0.25) is 19.8 Å². The van der Waals surface area contributed by atoms with E-state index in [1.165, 1.54) is 11.3 Å². The zero-order valence-corrected chi connectivity index (χ0v) is 17.6. The van der Waals surface area contributed by atoms with Crippen molar-refractivity contribution in [3.63, 3.8) is 0 Å². The van der Waals surface area contributed by atoms with Crippen molar-refractivity contribution in [3.8, 4) is 16.5 Å². The first-order valence-electron chi connectivity index (χ1n) is 8.36. The van der Waals surface area contributed by atoms with E-state index in [0.29, 0.717) is 33.0 Å². The Morgan fingerprint density at radius 1 is 1.50 bits per heavy atom. The van der Waals surface area contributed by atoms with Crippen LogP contribution in [-0.4, -0.2) is 31.8 Å². The number of rotatable bonds is 7. The molecule has 0 aliphatic carbocycles. The number of aromatic amines is 1. The van der Waals surface area contributed by atoms with Gasteiger partial charge in [-0.15, -0.1) is 6.58 Å². The van der Waals surface area contributed by atoms with Gasteiger partial charge in [0, 0.05) is 11.6 Å². The molecule has 0 radical (unpaired) electrons. The Bertz CT molecular complexity index is 1050. The van der Waals surface area contributed by atoms with E-state index in [1.807, 2.05) is 11.5 Å². The van der Waals surface area contributed by atoms with E-state index in [0.717, 1.165) is 10.6 Å². The van der Waals surface area contributed by atoms with Gasteiger partial charge in [0.1, 0.15) is 5.75 Å². The second-order valence-electron chi connectivity index (χ2n) is 5.89. The number of hydrogen-bond donors (Lipinski definition) is 2. The van der Waals surface area contributed by atoms with Crippen LogP contribution in [0.2, 0.25) is 5.02 Å². The third-order valence-electron chi connectivity index (χ3n) is 3.80. The summed E-state index contributed by atoms with van der Waals surface area (Å²) in [5.74, 6) is 0.911. The lowest BCUT2D eigenvalue weighted by atomic mass is 10.3. The molecule has 28 heavy (non-hydrogen) atoms. The molecule has 3 rings (SSSR count). The summed E-state index contributed by atoms with van der Waals surface area (Å²) < 4.78 is 7.96. The number of hydrogen-bond acceptors (Lipinski definition) is 6. The minimum Gasteiger partial charge on any atom is -0.481 e. The Labute approximate surface area is 176 Å². The van der Waals surface area contributed by atoms with Crippen molar-refractivity contribution in [1.82, 2.24) is 19.7 Å². The maximum Gasteiger partial charge on any atom is 0.266 e. The highest BCUT2D eigenvalue weighted by Crippen LogP contribution is 2.31. The van der Waals surface area contributed by atoms with Gasteiger partial charge in [-0.05, 0) is 50.3 Å². The molecular weight excluding hydrogens is 418 g/mol. The summed E-state index contributed by atoms with van der Waals surface area (Å²) in [5, 5.41) is 10.9. The first kappa shape index (κ1) is 20.2. The maximum atomic E-state index is 12.5. The second kappa shape index (κ2) is 8.68. The van der Waals surface area contributed by atoms with Crippen LogP contribution in [0.3, 0.4) is 0 Å². The molecule has 146 valence electrons. The molecule has 0 saturated carbocycles. The molecule has 10 heteroatoms. The molecule has 1 aromatic carbocycles. The molecule has 0 aliphatic rings. The number of halogens is 1. The Morgan fingerprint density at radius 2 is 2.21 bits per heavy atom. The van der Waals surface area contributed by atoms with Gasteiger partial charge in [0.25, 0.3) is 5.91 Å². The van der Waals surface area contributed by atoms with Crippen LogP contribution < -0.4 is 10.1 Å². The number of benzene rings is 1. The quantitative estimate of drug-likeness (QED) is 0.418. The Morgan fingerprint density at radius 3 is 2.89 bits per heavy atom. The number of aryl methyl sites for hydroxylation is 1. The van der Waals surface area contributed by atoms with Crippen molar-refractivity contribution in [2.45, 2.75) is 26.5 Å². The standard InChI is InChI=1S/C18H18ClN5O2S2/c1-4-9-24-15(22-23-18(24)27)14-10(2)20-17(28-14)21-16(25)11(3)26-13-7-5-12(19)6-8-13/h4-8,11H,1,9H2,2-3H3,(H,23,27)(H,20,21,25). The van der Waals surface area contributed by atoms with E-state index in [9.17, 15) is 4.79 Å². The first-order chi connectivity index (χ1) is 13.4. The fourth-order valence-corrected chi connectivity index (χ4v) is 3.73. The van der Waals surface area contributed by atoms with E-state index in [4.69, 9.17) is 28.6 Å². The number of anilines is 1. The van der Waals surface area contributed by atoms with E-state index in [2.05, 4.69) is 27.1 Å². The lowest BCUT2D eigenvalue weighted by Gasteiger charge is -2.13. The second-order valence-corrected chi connectivity index (χ2v) is 7.71. The Kier molecular flexibility index (Phi) is 6.28. The van der Waals surface area contributed by atoms with Crippen molar-refractivity contribution in [3.05, 3.63) is 52.4 Å². The van der Waals surface area contributed by atoms with Gasteiger partial charge in [-0.2, -0.15) is 5.10 Å². The molecule has 0 saturated heterocycles. The number of carbonyl (C=O) groups excluding carboxylic acids is 1. The minimum atomic E-state index is -0.704. The van der Waals surface area contributed by atoms with Gasteiger partial charge in [-0.1, -0.05) is 29.0 Å². The average Bonchev–Trinajstić information content (AvgIpc) is 3.19. The van der Waals surface area contributed by atoms with E-state index >= 15 is 0 Å². The molecule has 1 amide bonds. The summed E-state index contributed by atoms with van der Waals surface area (Å²) >= 11 is 12.4. The smallest absolute Gasteiger partial charge is 0.266 e. The molecule has 2 heterocycles. The zero-order valence-electron chi connectivity index (χ0n) is 15.2. The number of thiazole rings is 1. The average molecular weight is 436 g/mol. The number of H-pyrrole nitrogens is 1. The van der Waals surface area contributed by atoms with Crippen molar-refractivity contribution < 1.29 is 9.53 Å². The van der Waals surface area contributed by atoms with E-state index in [1.54, 1.807) is 37.3 Å². The third-order valence-corrected chi connectivity index (χ3v) is 5.43. The number of ether oxygens (including phenoxy) is 1. The lowest BCUT2D eigenvalue weighted by Crippen LogP contribution is -2.30. The van der Waals surface area contributed by atoms with Gasteiger partial charge < -0.3 is 4.74 Å². The molecule has 0 aliphatic heterocycles. The lowest BCUT2D eigenvalue weighted by molar-refractivity contribution is -0.122. The number of nitrogens with zero attached hydrogens (tertiary/aromatic N) is 3. The summed E-state index contributed by atoms with van der Waals surface area (Å²) in [4.78, 5) is 17.7. The molecule has 0 fully saturated rings. The number of carbonyl (C=O) groups is 1. The fourth-order valence-electron chi connectivity index (χ4n) is 2.42. The highest BCUT2D eigenvalue weighted by molar-refractivity contribution is 7.71. The predicted molar refractivity (Wildman–Crippen MR) is 114 cm³/mol. The monoisotopic (exact) mass is 435 g/mol. The highest BCUT2D eigenvalue weighted by atomic mass is 35.5. The summed E-state index contributed by atoms with van der Waals surface area (Å²) in [6.45, 7) is 7.78. The van der Waals surface area contributed by atoms with Crippen LogP contribution in [0.1, 0.15) is 12.6 Å². The highest BCUT2D eigenvalue weighted by Gasteiger charge is 2.20. The van der Waals surface area contributed by atoms with Crippen molar-refractivity contribution in [2.75, 3.05) is 5.32 Å². The van der Waals surface area contributed by atoms with Crippen LogP contribution in [0, 0.1) is 11.7 Å². The molecule has 1 atom stereocenters. The number of amides is 1. The van der Waals surface area contributed by atoms with Crippen LogP contribution >= 0.6 is 35.2 Å². The SMILES string of the molecule is C=CCn1c(-c2sc(NC(=O)C(C)Oc3ccc(Cl)cc3)nc2C)n[nH]c1=S. The van der Waals surface area contributed by atoms with E-state index in [-0.39, 0.29) is 5.91 Å². The molecule has 7 nitrogen and oxygen atoms in total. The van der Waals surface area contributed by atoms with Crippen LogP contribution in [-0.2, 0) is 11.3 Å². The number of nitrogens with one attached hydrogen (secondary N) is 2. The molecule has 0 bridgehead atoms. The van der Waals surface area contributed by atoms with Gasteiger partial charge >= 0.3 is 0 Å². The van der Waals surface area contributed by atoms with Crippen LogP contribution in [0.25, 0.3) is 10.7 Å². The molecular formula is C18H18ClN5O2S2. The van der Waals surface area contributed by atoms with Crippen LogP contribution in [0.15, 0.2) is 36.9 Å². The Balaban J connectivity index is 1.74. The zero-order chi connectivity index (χ0) is 20.3. The third kappa shape index (κ3) is 4.49. The summed E-state index contributed by atoms with van der Waals surface area (Å²) in [7, 11) is 0. The van der Waals surface area contributed by atoms with Gasteiger partial charge in [0.2, 0.25) is 0 Å². The Hall–Kier alpha value is -2.49. The van der Waals surface area contributed by atoms with Crippen molar-refractivity contribution in [2.24, 2.45) is 0 Å². The van der Waals surface area contributed by atoms with Crippen molar-refractivity contribution in [1.29, 1.82) is 0 Å². The minimum absolute atomic E-state index is 0.305. The van der Waals surface area contributed by atoms with Crippen molar-refractivity contribution >= 4 is 46.2 Å². The number of allylic oxidation sites excluding steroid dienone is 1. The summed E-state index contributed by atoms with van der Waals surface area (Å²) in [5.41, 5.74) is 0.742. The van der Waals surface area contributed by atoms with E-state index < -0.39 is 6.10 Å². The topological polar surface area (TPSA) is 84.8 Å². The molecule has 1 unspecified atom stereocenters. The summed E-state index contributed by atoms with van der Waals surface area (Å²) in [6.07, 6.45) is 1.04. The normalized spacial score (nSPS) is 11.8. The van der Waals surface area contributed by atoms with Crippen LogP contribution in [0.4, 0.5) is 5.13 Å². The molecule has 2 N–H and O–H groups in total. The molecule has 3 aromatic rings. The predicted octanol–water partition coefficient (Wildman–Crippen LogP) is 4.62. The summed E-state index contributed by atoms with van der Waals surface area (Å²) in [6, 6.07) is 6.82. The maximum absolute atomic E-state index is 12.5. The largest absolute Gasteiger partial charge is 0.481 e. The first-order valence-corrected chi connectivity index (χ1v) is 9.96. The van der Waals surface area contributed by atoms with Crippen LogP contribution in [0.5, 0.6) is 5.75 Å². The number of aromatic nitrogens is 4. The molecule has 0 spiro atoms. The van der Waals surface area contributed by atoms with Gasteiger partial charge in [0.15, 0.2) is 21.8 Å². The van der Waals surface area contributed by atoms with Gasteiger partial charge in [0.05, 0.1) is 10.6 Å². The molecule has 2 aromatic heterocycles.